The van der Waals surface area contributed by atoms with Gasteiger partial charge in [-0.25, -0.2) is 9.59 Å². The van der Waals surface area contributed by atoms with Gasteiger partial charge in [0.05, 0.1) is 24.8 Å². The maximum Gasteiger partial charge on any atom is 0.326 e. The highest BCUT2D eigenvalue weighted by atomic mass is 16.5. The molecule has 8 bridgehead atoms. The molecule has 6 aliphatic heterocycles. The van der Waals surface area contributed by atoms with Crippen molar-refractivity contribution in [2.24, 2.45) is 10.8 Å². The van der Waals surface area contributed by atoms with E-state index in [1.54, 1.807) is 112 Å². The molecule has 512 valence electrons. The van der Waals surface area contributed by atoms with Gasteiger partial charge in [-0.1, -0.05) is 114 Å². The van der Waals surface area contributed by atoms with Crippen molar-refractivity contribution in [3.8, 4) is 5.75 Å². The highest BCUT2D eigenvalue weighted by molar-refractivity contribution is 5.99. The number of likely N-dealkylation sites (N-methyl/N-ethyl adjacent to an activating group) is 2. The number of carboxylic acid groups (broad SMARTS) is 2. The zero-order valence-electron chi connectivity index (χ0n) is 55.7. The molecule has 95 heavy (non-hydrogen) atoms. The fourth-order valence-corrected chi connectivity index (χ4v) is 11.4. The van der Waals surface area contributed by atoms with Gasteiger partial charge in [0.15, 0.2) is 0 Å². The fraction of sp³-hybridized carbons (Fsp3) is 0.493. The molecule has 0 aliphatic carbocycles. The van der Waals surface area contributed by atoms with Crippen LogP contribution in [0.1, 0.15) is 102 Å². The summed E-state index contributed by atoms with van der Waals surface area (Å²) in [6, 6.07) is 12.6. The van der Waals surface area contributed by atoms with Crippen molar-refractivity contribution < 1.29 is 72.4 Å². The summed E-state index contributed by atoms with van der Waals surface area (Å²) in [4.78, 5) is 157. The van der Waals surface area contributed by atoms with Crippen LogP contribution in [0, 0.1) is 10.8 Å². The first kappa shape index (κ1) is 73.1. The van der Waals surface area contributed by atoms with E-state index in [9.17, 15) is 53.4 Å². The summed E-state index contributed by atoms with van der Waals surface area (Å²) in [5, 5.41) is 47.6. The molecule has 12 atom stereocenters. The number of benzene rings is 4. The van der Waals surface area contributed by atoms with Crippen molar-refractivity contribution in [1.29, 1.82) is 0 Å². The van der Waals surface area contributed by atoms with Crippen LogP contribution in [-0.2, 0) is 71.9 Å². The van der Waals surface area contributed by atoms with Crippen LogP contribution in [0.15, 0.2) is 103 Å². The Labute approximate surface area is 553 Å². The average molecular weight is 1310 g/mol. The van der Waals surface area contributed by atoms with E-state index < -0.39 is 148 Å². The normalized spacial score (nSPS) is 23.9. The van der Waals surface area contributed by atoms with E-state index in [1.165, 1.54) is 41.0 Å². The third-order valence-corrected chi connectivity index (χ3v) is 17.4. The Balaban J connectivity index is 1.20. The first-order valence-corrected chi connectivity index (χ1v) is 31.9. The van der Waals surface area contributed by atoms with E-state index in [0.29, 0.717) is 22.4 Å². The first-order valence-electron chi connectivity index (χ1n) is 31.9. The molecule has 0 saturated carbocycles. The Morgan fingerprint density at radius 2 is 1.09 bits per heavy atom. The van der Waals surface area contributed by atoms with Gasteiger partial charge in [-0.2, -0.15) is 0 Å². The number of aliphatic carboxylic acids is 2. The second-order valence-electron chi connectivity index (χ2n) is 26.8. The monoisotopic (exact) mass is 1310 g/mol. The maximum absolute atomic E-state index is 15.1. The molecule has 6 heterocycles. The standard InChI is InChI=1S/C69H91N11O15/c1-38(70-10)57(81)77-55(68(4,5)6)64(88)79-36-47-34-53(79)63(87)74-50(33-43-20-23-44-16-12-13-17-46(44)30-43)61(85)76-52(67(92)93)32-42-21-26-48(27-22-42)94-28-14-15-29-95-49-35-54(80(37-49)65(89)56(69(7,8)9)78-58(82)39(2)71-11)62(86)72-40(3)59(83)75-51(66(90)91)31-41-18-24-45(25-19-41)60(84)73-47/h12-27,30,38-40,47,49-56,70-71H,28-29,31-37H2,1-11H3,(H,72,86)(H,73,84)(H,74,87)(H,75,83)(H,76,85)(H,77,81)(H,78,82)(H,90,91)(H,92,93)/b15-14+/t38-,39-,40-,47-,49-,50-,51-,52-,53-,54-,55+,56+/m0/s1. The third-order valence-electron chi connectivity index (χ3n) is 17.4. The Morgan fingerprint density at radius 1 is 0.589 bits per heavy atom. The van der Waals surface area contributed by atoms with Crippen molar-refractivity contribution in [2.45, 2.75) is 167 Å². The van der Waals surface area contributed by atoms with Gasteiger partial charge in [-0.05, 0) is 110 Å². The summed E-state index contributed by atoms with van der Waals surface area (Å²) in [7, 11) is 3.18. The summed E-state index contributed by atoms with van der Waals surface area (Å²) in [5.41, 5.74) is -0.128. The smallest absolute Gasteiger partial charge is 0.326 e. The number of fused-ring (bicyclic) bond motifs is 1. The minimum Gasteiger partial charge on any atom is -0.490 e. The quantitative estimate of drug-likeness (QED) is 0.0903. The van der Waals surface area contributed by atoms with E-state index in [4.69, 9.17) is 9.47 Å². The van der Waals surface area contributed by atoms with Crippen LogP contribution in [0.5, 0.6) is 5.75 Å². The number of nitrogens with one attached hydrogen (secondary N) is 9. The fourth-order valence-electron chi connectivity index (χ4n) is 11.4. The summed E-state index contributed by atoms with van der Waals surface area (Å²) < 4.78 is 12.1. The lowest BCUT2D eigenvalue weighted by molar-refractivity contribution is -0.145. The number of likely N-dealkylation sites (tertiary alicyclic amines) is 2. The van der Waals surface area contributed by atoms with Gasteiger partial charge < -0.3 is 77.3 Å². The van der Waals surface area contributed by atoms with Crippen LogP contribution in [-0.4, -0.2) is 198 Å². The molecule has 2 fully saturated rings. The van der Waals surface area contributed by atoms with Crippen LogP contribution in [0.4, 0.5) is 0 Å². The van der Waals surface area contributed by atoms with E-state index in [2.05, 4.69) is 47.9 Å². The van der Waals surface area contributed by atoms with Crippen LogP contribution in [0.25, 0.3) is 10.8 Å². The SMILES string of the molecule is CN[C@@H](C)C(=O)N[C@H](C(=O)N1C[C@@H]2C[C@H]1C(=O)N[C@@H](C)C(=O)N[C@H](C(=O)O)Cc1ccc(cc1)C(=O)N[C@H]1C[C@@H](C(=O)N[C@@H](Cc3ccc4ccccc4c3)C(=O)N[C@H](C(=O)O)Cc3ccc(cc3)OC/C=C/CO2)N(C(=O)[C@@H](NC(=O)[C@H](C)NC)C(C)(C)C)C1)C(C)(C)C. The Morgan fingerprint density at radius 3 is 1.64 bits per heavy atom. The number of hydrogen-bond acceptors (Lipinski definition) is 15. The van der Waals surface area contributed by atoms with Crippen LogP contribution < -0.4 is 52.6 Å². The van der Waals surface area contributed by atoms with Gasteiger partial charge in [0, 0.05) is 50.4 Å². The minimum atomic E-state index is -1.53. The molecule has 0 unspecified atom stereocenters. The van der Waals surface area contributed by atoms with Gasteiger partial charge in [-0.3, -0.25) is 43.2 Å². The van der Waals surface area contributed by atoms with E-state index in [-0.39, 0.29) is 64.0 Å². The van der Waals surface area contributed by atoms with E-state index >= 15 is 9.59 Å². The number of amides is 9. The number of hydrogen-bond donors (Lipinski definition) is 11. The van der Waals surface area contributed by atoms with Crippen molar-refractivity contribution in [1.82, 2.24) is 57.7 Å². The molecule has 0 spiro atoms. The van der Waals surface area contributed by atoms with Gasteiger partial charge in [-0.15, -0.1) is 0 Å². The lowest BCUT2D eigenvalue weighted by atomic mass is 9.85. The maximum atomic E-state index is 15.1. The molecular formula is C69H91N11O15. The third kappa shape index (κ3) is 19.7. The Kier molecular flexibility index (Phi) is 24.8. The largest absolute Gasteiger partial charge is 0.490 e. The van der Waals surface area contributed by atoms with Crippen molar-refractivity contribution in [2.75, 3.05) is 40.4 Å². The predicted octanol–water partition coefficient (Wildman–Crippen LogP) is 1.91. The first-order chi connectivity index (χ1) is 44.8. The topological polar surface area (TPSA) is 361 Å². The molecule has 4 aromatic carbocycles. The van der Waals surface area contributed by atoms with E-state index in [1.807, 2.05) is 36.4 Å². The molecule has 10 rings (SSSR count). The van der Waals surface area contributed by atoms with Gasteiger partial charge in [0.2, 0.25) is 47.3 Å². The van der Waals surface area contributed by atoms with Crippen LogP contribution in [0.3, 0.4) is 0 Å². The Bertz CT molecular complexity index is 3500. The molecule has 0 radical (unpaired) electrons. The van der Waals surface area contributed by atoms with Gasteiger partial charge in [0.25, 0.3) is 5.91 Å². The number of carbonyl (C=O) groups excluding carboxylic acids is 9. The molecule has 2 saturated heterocycles. The Hall–Kier alpha value is -9.27. The zero-order chi connectivity index (χ0) is 69.6. The van der Waals surface area contributed by atoms with Crippen LogP contribution in [0.2, 0.25) is 0 Å². The molecule has 0 aromatic heterocycles. The summed E-state index contributed by atoms with van der Waals surface area (Å²) in [6.45, 7) is 15.0. The van der Waals surface area contributed by atoms with E-state index in [0.717, 1.165) is 10.8 Å². The molecule has 6 aliphatic rings. The molecule has 4 aromatic rings. The highest BCUT2D eigenvalue weighted by Gasteiger charge is 2.48. The average Bonchev–Trinajstić information content (AvgIpc) is 1.70. The van der Waals surface area contributed by atoms with Gasteiger partial charge >= 0.3 is 11.9 Å². The highest BCUT2D eigenvalue weighted by Crippen LogP contribution is 2.30. The molecule has 9 amide bonds. The predicted molar refractivity (Wildman–Crippen MR) is 352 cm³/mol. The second-order valence-corrected chi connectivity index (χ2v) is 26.8. The lowest BCUT2D eigenvalue weighted by Crippen LogP contribution is -2.61. The summed E-state index contributed by atoms with van der Waals surface area (Å²) in [6.07, 6.45) is 1.95. The van der Waals surface area contributed by atoms with Crippen molar-refractivity contribution in [3.05, 3.63) is 125 Å². The minimum absolute atomic E-state index is 0.00405. The number of ether oxygens (including phenoxy) is 2. The number of rotatable bonds is 12. The van der Waals surface area contributed by atoms with Gasteiger partial charge in [0.1, 0.15) is 60.7 Å². The summed E-state index contributed by atoms with van der Waals surface area (Å²) >= 11 is 0. The molecule has 11 N–H and O–H groups in total. The number of carbonyl (C=O) groups is 11. The van der Waals surface area contributed by atoms with Crippen LogP contribution >= 0.6 is 0 Å². The number of nitrogens with zero attached hydrogens (tertiary/aromatic N) is 2. The lowest BCUT2D eigenvalue weighted by Gasteiger charge is -2.36. The zero-order valence-corrected chi connectivity index (χ0v) is 55.7. The second kappa shape index (κ2) is 32.2. The van der Waals surface area contributed by atoms with Crippen molar-refractivity contribution >= 4 is 75.9 Å². The molecular weight excluding hydrogens is 1220 g/mol. The summed E-state index contributed by atoms with van der Waals surface area (Å²) in [5.74, 6) is -8.37. The van der Waals surface area contributed by atoms with Crippen molar-refractivity contribution in [3.63, 3.8) is 0 Å². The number of carboxylic acids is 2. The molecule has 26 nitrogen and oxygen atoms in total. The molecule has 26 heteroatoms.